The Labute approximate surface area is 173 Å². The van der Waals surface area contributed by atoms with Gasteiger partial charge < -0.3 is 15.3 Å². The average molecular weight is 401 g/mol. The maximum Gasteiger partial charge on any atom is 0.229 e. The number of aliphatic imine (C=N–C) groups is 1. The zero-order valence-electron chi connectivity index (χ0n) is 16.4. The van der Waals surface area contributed by atoms with E-state index in [1.807, 2.05) is 19.1 Å². The Morgan fingerprint density at radius 3 is 2.90 bits per heavy atom. The van der Waals surface area contributed by atoms with Gasteiger partial charge in [0.05, 0.1) is 5.69 Å². The summed E-state index contributed by atoms with van der Waals surface area (Å²) in [4.78, 5) is 15.9. The summed E-state index contributed by atoms with van der Waals surface area (Å²) in [5.41, 5.74) is 4.10. The van der Waals surface area contributed by atoms with E-state index in [1.165, 1.54) is 6.07 Å². The molecule has 0 aliphatic carbocycles. The summed E-state index contributed by atoms with van der Waals surface area (Å²) < 4.78 is 14.0. The molecule has 150 valence electrons. The van der Waals surface area contributed by atoms with Crippen molar-refractivity contribution in [3.05, 3.63) is 71.2 Å². The number of aromatic hydroxyl groups is 1. The SMILES string of the molecule is Cc1ccc(O)cc1C1=Cc2cnc(Nc3ccccc3F)nc2N2CCCN=C12. The second-order valence-corrected chi connectivity index (χ2v) is 7.35. The first-order chi connectivity index (χ1) is 14.6. The highest BCUT2D eigenvalue weighted by molar-refractivity contribution is 6.35. The van der Waals surface area contributed by atoms with Crippen LogP contribution in [0.3, 0.4) is 0 Å². The van der Waals surface area contributed by atoms with Crippen LogP contribution >= 0.6 is 0 Å². The average Bonchev–Trinajstić information content (AvgIpc) is 2.77. The van der Waals surface area contributed by atoms with Crippen molar-refractivity contribution >= 4 is 34.9 Å². The van der Waals surface area contributed by atoms with Crippen molar-refractivity contribution in [3.8, 4) is 5.75 Å². The molecule has 0 atom stereocenters. The molecular weight excluding hydrogens is 381 g/mol. The van der Waals surface area contributed by atoms with Crippen LogP contribution in [0.15, 0.2) is 53.7 Å². The molecule has 3 aromatic rings. The number of para-hydroxylation sites is 1. The van der Waals surface area contributed by atoms with E-state index in [4.69, 9.17) is 4.99 Å². The Balaban J connectivity index is 1.60. The maximum atomic E-state index is 14.0. The van der Waals surface area contributed by atoms with Gasteiger partial charge >= 0.3 is 0 Å². The molecule has 5 rings (SSSR count). The molecule has 2 aliphatic heterocycles. The first kappa shape index (κ1) is 18.3. The summed E-state index contributed by atoms with van der Waals surface area (Å²) in [6.07, 6.45) is 4.65. The summed E-state index contributed by atoms with van der Waals surface area (Å²) in [5.74, 6) is 1.75. The smallest absolute Gasteiger partial charge is 0.229 e. The molecule has 1 aromatic heterocycles. The maximum absolute atomic E-state index is 14.0. The molecule has 6 nitrogen and oxygen atoms in total. The topological polar surface area (TPSA) is 73.6 Å². The summed E-state index contributed by atoms with van der Waals surface area (Å²) in [6, 6.07) is 11.8. The number of nitrogens with zero attached hydrogens (tertiary/aromatic N) is 4. The third kappa shape index (κ3) is 3.18. The molecule has 3 heterocycles. The number of benzene rings is 2. The quantitative estimate of drug-likeness (QED) is 0.674. The van der Waals surface area contributed by atoms with Gasteiger partial charge in [0, 0.05) is 30.4 Å². The van der Waals surface area contributed by atoms with Gasteiger partial charge in [0.25, 0.3) is 0 Å². The molecule has 0 saturated heterocycles. The fraction of sp³-hybridized carbons (Fsp3) is 0.174. The molecular formula is C23H20FN5O. The number of halogens is 1. The molecule has 0 amide bonds. The van der Waals surface area contributed by atoms with Gasteiger partial charge in [-0.1, -0.05) is 18.2 Å². The first-order valence-electron chi connectivity index (χ1n) is 9.83. The minimum Gasteiger partial charge on any atom is -0.508 e. The molecule has 2 aliphatic rings. The fourth-order valence-corrected chi connectivity index (χ4v) is 3.80. The molecule has 30 heavy (non-hydrogen) atoms. The zero-order valence-corrected chi connectivity index (χ0v) is 16.4. The van der Waals surface area contributed by atoms with Gasteiger partial charge in [0.1, 0.15) is 23.2 Å². The predicted octanol–water partition coefficient (Wildman–Crippen LogP) is 4.54. The molecule has 0 saturated carbocycles. The normalized spacial score (nSPS) is 15.1. The van der Waals surface area contributed by atoms with Crippen LogP contribution in [0.5, 0.6) is 5.75 Å². The summed E-state index contributed by atoms with van der Waals surface area (Å²) in [5, 5.41) is 13.0. The third-order valence-corrected chi connectivity index (χ3v) is 5.28. The molecule has 2 aromatic carbocycles. The number of phenolic OH excluding ortho intramolecular Hbond substituents is 1. The van der Waals surface area contributed by atoms with Crippen LogP contribution in [0.4, 0.5) is 21.8 Å². The molecule has 0 radical (unpaired) electrons. The van der Waals surface area contributed by atoms with Crippen LogP contribution in [0.25, 0.3) is 11.6 Å². The van der Waals surface area contributed by atoms with Crippen LogP contribution < -0.4 is 10.2 Å². The molecule has 2 N–H and O–H groups in total. The van der Waals surface area contributed by atoms with E-state index in [1.54, 1.807) is 36.5 Å². The summed E-state index contributed by atoms with van der Waals surface area (Å²) in [6.45, 7) is 3.52. The van der Waals surface area contributed by atoms with Gasteiger partial charge in [-0.05, 0) is 54.8 Å². The Morgan fingerprint density at radius 1 is 1.17 bits per heavy atom. The summed E-state index contributed by atoms with van der Waals surface area (Å²) in [7, 11) is 0. The lowest BCUT2D eigenvalue weighted by Gasteiger charge is -2.34. The van der Waals surface area contributed by atoms with E-state index in [-0.39, 0.29) is 11.6 Å². The number of amidine groups is 1. The van der Waals surface area contributed by atoms with Crippen LogP contribution in [0, 0.1) is 12.7 Å². The van der Waals surface area contributed by atoms with Crippen molar-refractivity contribution in [2.75, 3.05) is 23.3 Å². The Bertz CT molecular complexity index is 1200. The number of phenols is 1. The predicted molar refractivity (Wildman–Crippen MR) is 117 cm³/mol. The van der Waals surface area contributed by atoms with Gasteiger partial charge in [0.15, 0.2) is 0 Å². The lowest BCUT2D eigenvalue weighted by molar-refractivity contribution is 0.475. The van der Waals surface area contributed by atoms with E-state index < -0.39 is 0 Å². The standard InChI is InChI=1S/C23H20FN5O/c1-14-7-8-16(30)12-17(14)18-11-15-13-26-23(27-20-6-3-2-5-19(20)24)28-21(15)29-10-4-9-25-22(18)29/h2-3,5-8,11-13,30H,4,9-10H2,1H3,(H,26,27,28). The minimum atomic E-state index is -0.361. The lowest BCUT2D eigenvalue weighted by Crippen LogP contribution is -2.39. The molecule has 0 bridgehead atoms. The van der Waals surface area contributed by atoms with Crippen LogP contribution in [0.2, 0.25) is 0 Å². The third-order valence-electron chi connectivity index (χ3n) is 5.28. The molecule has 0 spiro atoms. The second-order valence-electron chi connectivity index (χ2n) is 7.35. The Hall–Kier alpha value is -3.74. The highest BCUT2D eigenvalue weighted by Crippen LogP contribution is 2.37. The number of hydrogen-bond acceptors (Lipinski definition) is 6. The van der Waals surface area contributed by atoms with Crippen LogP contribution in [0.1, 0.15) is 23.1 Å². The van der Waals surface area contributed by atoms with E-state index in [9.17, 15) is 9.50 Å². The van der Waals surface area contributed by atoms with E-state index in [0.717, 1.165) is 53.4 Å². The van der Waals surface area contributed by atoms with Crippen molar-refractivity contribution in [1.82, 2.24) is 9.97 Å². The van der Waals surface area contributed by atoms with Crippen LogP contribution in [-0.2, 0) is 0 Å². The number of hydrogen-bond donors (Lipinski definition) is 2. The molecule has 0 fully saturated rings. The zero-order chi connectivity index (χ0) is 20.7. The van der Waals surface area contributed by atoms with Crippen LogP contribution in [-0.4, -0.2) is 34.0 Å². The Morgan fingerprint density at radius 2 is 2.03 bits per heavy atom. The minimum absolute atomic E-state index is 0.214. The number of rotatable bonds is 3. The summed E-state index contributed by atoms with van der Waals surface area (Å²) >= 11 is 0. The second kappa shape index (κ2) is 7.26. The van der Waals surface area contributed by atoms with Crippen molar-refractivity contribution < 1.29 is 9.50 Å². The number of fused-ring (bicyclic) bond motifs is 3. The van der Waals surface area contributed by atoms with Gasteiger partial charge in [0.2, 0.25) is 5.95 Å². The number of nitrogens with one attached hydrogen (secondary N) is 1. The first-order valence-corrected chi connectivity index (χ1v) is 9.83. The number of anilines is 3. The molecule has 7 heteroatoms. The van der Waals surface area contributed by atoms with Crippen molar-refractivity contribution in [2.24, 2.45) is 4.99 Å². The Kier molecular flexibility index (Phi) is 4.43. The van der Waals surface area contributed by atoms with E-state index in [2.05, 4.69) is 20.2 Å². The molecule has 0 unspecified atom stereocenters. The van der Waals surface area contributed by atoms with Crippen molar-refractivity contribution in [3.63, 3.8) is 0 Å². The van der Waals surface area contributed by atoms with Gasteiger partial charge in [-0.15, -0.1) is 0 Å². The van der Waals surface area contributed by atoms with Gasteiger partial charge in [-0.3, -0.25) is 4.99 Å². The van der Waals surface area contributed by atoms with E-state index >= 15 is 0 Å². The van der Waals surface area contributed by atoms with Gasteiger partial charge in [-0.2, -0.15) is 4.98 Å². The largest absolute Gasteiger partial charge is 0.508 e. The highest BCUT2D eigenvalue weighted by atomic mass is 19.1. The highest BCUT2D eigenvalue weighted by Gasteiger charge is 2.30. The number of aromatic nitrogens is 2. The van der Waals surface area contributed by atoms with Gasteiger partial charge in [-0.25, -0.2) is 9.37 Å². The number of aryl methyl sites for hydroxylation is 1. The monoisotopic (exact) mass is 401 g/mol. The lowest BCUT2D eigenvalue weighted by atomic mass is 9.94. The van der Waals surface area contributed by atoms with E-state index in [0.29, 0.717) is 11.6 Å². The fourth-order valence-electron chi connectivity index (χ4n) is 3.80. The van der Waals surface area contributed by atoms with Crippen molar-refractivity contribution in [1.29, 1.82) is 0 Å². The van der Waals surface area contributed by atoms with Crippen molar-refractivity contribution in [2.45, 2.75) is 13.3 Å².